The van der Waals surface area contributed by atoms with Gasteiger partial charge in [-0.3, -0.25) is 0 Å². The number of nitrogens with zero attached hydrogens (tertiary/aromatic N) is 1. The zero-order chi connectivity index (χ0) is 16.4. The van der Waals surface area contributed by atoms with Crippen molar-refractivity contribution in [3.8, 4) is 11.3 Å². The molecule has 0 aliphatic carbocycles. The van der Waals surface area contributed by atoms with Gasteiger partial charge < -0.3 is 0 Å². The van der Waals surface area contributed by atoms with Crippen LogP contribution < -0.4 is 0 Å². The van der Waals surface area contributed by atoms with Gasteiger partial charge in [-0.25, -0.2) is 12.4 Å². The van der Waals surface area contributed by atoms with Crippen LogP contribution in [0.3, 0.4) is 0 Å². The van der Waals surface area contributed by atoms with Crippen LogP contribution in [0.25, 0.3) is 11.3 Å². The molecule has 2 aromatic carbocycles. The summed E-state index contributed by atoms with van der Waals surface area (Å²) in [5.74, 6) is 0. The third kappa shape index (κ3) is 2.82. The first-order valence-corrected chi connectivity index (χ1v) is 9.06. The van der Waals surface area contributed by atoms with Crippen LogP contribution in [-0.2, 0) is 16.4 Å². The fourth-order valence-corrected chi connectivity index (χ4v) is 4.06. The molecule has 0 atom stereocenters. The van der Waals surface area contributed by atoms with Gasteiger partial charge in [0, 0.05) is 6.20 Å². The molecule has 4 heteroatoms. The average molecular weight is 325 g/mol. The Morgan fingerprint density at radius 3 is 2.17 bits per heavy atom. The standard InChI is InChI=1S/C19H19NO2S/c1-3-16-13-14-20(19(16)17-7-5-4-6-8-17)23(21,22)18-11-9-15(2)10-12-18/h4-14H,3H2,1-2H3. The van der Waals surface area contributed by atoms with Crippen molar-refractivity contribution in [3.63, 3.8) is 0 Å². The second-order valence-electron chi connectivity index (χ2n) is 5.52. The van der Waals surface area contributed by atoms with Gasteiger partial charge in [0.1, 0.15) is 0 Å². The first kappa shape index (κ1) is 15.6. The number of aromatic nitrogens is 1. The van der Waals surface area contributed by atoms with Gasteiger partial charge >= 0.3 is 0 Å². The van der Waals surface area contributed by atoms with Crippen LogP contribution in [0.4, 0.5) is 0 Å². The van der Waals surface area contributed by atoms with E-state index in [0.717, 1.165) is 28.8 Å². The molecule has 3 nitrogen and oxygen atoms in total. The van der Waals surface area contributed by atoms with Crippen molar-refractivity contribution in [2.75, 3.05) is 0 Å². The molecule has 3 rings (SSSR count). The summed E-state index contributed by atoms with van der Waals surface area (Å²) in [5, 5.41) is 0. The van der Waals surface area contributed by atoms with Crippen LogP contribution in [0.1, 0.15) is 18.1 Å². The van der Waals surface area contributed by atoms with E-state index in [1.807, 2.05) is 62.4 Å². The molecule has 1 aromatic heterocycles. The lowest BCUT2D eigenvalue weighted by molar-refractivity contribution is 0.588. The molecular formula is C19H19NO2S. The van der Waals surface area contributed by atoms with E-state index in [0.29, 0.717) is 4.90 Å². The van der Waals surface area contributed by atoms with E-state index in [1.165, 1.54) is 3.97 Å². The fraction of sp³-hybridized carbons (Fsp3) is 0.158. The second kappa shape index (κ2) is 6.05. The van der Waals surface area contributed by atoms with E-state index in [9.17, 15) is 8.42 Å². The van der Waals surface area contributed by atoms with E-state index in [1.54, 1.807) is 18.3 Å². The normalized spacial score (nSPS) is 11.6. The number of benzene rings is 2. The monoisotopic (exact) mass is 325 g/mol. The molecule has 0 aliphatic rings. The number of aryl methyl sites for hydroxylation is 2. The van der Waals surface area contributed by atoms with E-state index in [-0.39, 0.29) is 0 Å². The smallest absolute Gasteiger partial charge is 0.241 e. The predicted octanol–water partition coefficient (Wildman–Crippen LogP) is 4.26. The molecule has 0 radical (unpaired) electrons. The highest BCUT2D eigenvalue weighted by atomic mass is 32.2. The maximum absolute atomic E-state index is 13.0. The molecule has 1 heterocycles. The largest absolute Gasteiger partial charge is 0.268 e. The number of hydrogen-bond acceptors (Lipinski definition) is 2. The minimum Gasteiger partial charge on any atom is -0.241 e. The zero-order valence-corrected chi connectivity index (χ0v) is 14.0. The van der Waals surface area contributed by atoms with Gasteiger partial charge in [0.15, 0.2) is 0 Å². The summed E-state index contributed by atoms with van der Waals surface area (Å²) in [6.45, 7) is 3.97. The molecule has 0 saturated heterocycles. The summed E-state index contributed by atoms with van der Waals surface area (Å²) in [4.78, 5) is 0.304. The SMILES string of the molecule is CCc1ccn(S(=O)(=O)c2ccc(C)cc2)c1-c1ccccc1. The Kier molecular flexibility index (Phi) is 4.09. The number of hydrogen-bond donors (Lipinski definition) is 0. The molecular weight excluding hydrogens is 306 g/mol. The summed E-state index contributed by atoms with van der Waals surface area (Å²) < 4.78 is 27.5. The number of rotatable bonds is 4. The summed E-state index contributed by atoms with van der Waals surface area (Å²) >= 11 is 0. The highest BCUT2D eigenvalue weighted by Crippen LogP contribution is 2.29. The van der Waals surface area contributed by atoms with Gasteiger partial charge in [0.25, 0.3) is 10.0 Å². The van der Waals surface area contributed by atoms with Crippen LogP contribution in [0.5, 0.6) is 0 Å². The Morgan fingerprint density at radius 2 is 1.57 bits per heavy atom. The van der Waals surface area contributed by atoms with Gasteiger partial charge in [-0.1, -0.05) is 55.0 Å². The molecule has 118 valence electrons. The van der Waals surface area contributed by atoms with Crippen molar-refractivity contribution >= 4 is 10.0 Å². The third-order valence-electron chi connectivity index (χ3n) is 3.94. The maximum atomic E-state index is 13.0. The average Bonchev–Trinajstić information content (AvgIpc) is 3.01. The lowest BCUT2D eigenvalue weighted by atomic mass is 10.1. The summed E-state index contributed by atoms with van der Waals surface area (Å²) in [5.41, 5.74) is 3.71. The Hall–Kier alpha value is -2.33. The van der Waals surface area contributed by atoms with Gasteiger partial charge in [0.05, 0.1) is 10.6 Å². The van der Waals surface area contributed by atoms with Gasteiger partial charge in [-0.15, -0.1) is 0 Å². The van der Waals surface area contributed by atoms with E-state index < -0.39 is 10.0 Å². The first-order valence-electron chi connectivity index (χ1n) is 7.62. The molecule has 0 spiro atoms. The molecule has 3 aromatic rings. The first-order chi connectivity index (χ1) is 11.0. The highest BCUT2D eigenvalue weighted by Gasteiger charge is 2.22. The Balaban J connectivity index is 2.21. The summed E-state index contributed by atoms with van der Waals surface area (Å²) in [7, 11) is -3.61. The van der Waals surface area contributed by atoms with Gasteiger partial charge in [-0.05, 0) is 42.7 Å². The van der Waals surface area contributed by atoms with Crippen molar-refractivity contribution in [1.29, 1.82) is 0 Å². The second-order valence-corrected chi connectivity index (χ2v) is 7.34. The van der Waals surface area contributed by atoms with E-state index in [2.05, 4.69) is 0 Å². The van der Waals surface area contributed by atoms with Crippen LogP contribution in [0, 0.1) is 6.92 Å². The quantitative estimate of drug-likeness (QED) is 0.719. The van der Waals surface area contributed by atoms with Crippen molar-refractivity contribution in [1.82, 2.24) is 3.97 Å². The lowest BCUT2D eigenvalue weighted by Gasteiger charge is -2.12. The van der Waals surface area contributed by atoms with Crippen molar-refractivity contribution in [2.45, 2.75) is 25.2 Å². The zero-order valence-electron chi connectivity index (χ0n) is 13.2. The molecule has 23 heavy (non-hydrogen) atoms. The molecule has 0 saturated carbocycles. The highest BCUT2D eigenvalue weighted by molar-refractivity contribution is 7.90. The topological polar surface area (TPSA) is 39.1 Å². The third-order valence-corrected chi connectivity index (χ3v) is 5.63. The van der Waals surface area contributed by atoms with Gasteiger partial charge in [-0.2, -0.15) is 0 Å². The lowest BCUT2D eigenvalue weighted by Crippen LogP contribution is -2.13. The van der Waals surface area contributed by atoms with Gasteiger partial charge in [0.2, 0.25) is 0 Å². The van der Waals surface area contributed by atoms with Crippen LogP contribution in [-0.4, -0.2) is 12.4 Å². The maximum Gasteiger partial charge on any atom is 0.268 e. The van der Waals surface area contributed by atoms with Crippen LogP contribution >= 0.6 is 0 Å². The molecule has 0 unspecified atom stereocenters. The minimum absolute atomic E-state index is 0.304. The van der Waals surface area contributed by atoms with Crippen molar-refractivity contribution in [3.05, 3.63) is 78.0 Å². The molecule has 0 fully saturated rings. The Labute approximate surface area is 137 Å². The predicted molar refractivity (Wildman–Crippen MR) is 93.0 cm³/mol. The van der Waals surface area contributed by atoms with Crippen LogP contribution in [0.15, 0.2) is 71.8 Å². The van der Waals surface area contributed by atoms with Crippen molar-refractivity contribution in [2.24, 2.45) is 0 Å². The van der Waals surface area contributed by atoms with Crippen molar-refractivity contribution < 1.29 is 8.42 Å². The molecule has 0 N–H and O–H groups in total. The molecule has 0 aliphatic heterocycles. The fourth-order valence-electron chi connectivity index (χ4n) is 2.67. The summed E-state index contributed by atoms with van der Waals surface area (Å²) in [6, 6.07) is 18.5. The minimum atomic E-state index is -3.61. The van der Waals surface area contributed by atoms with E-state index in [4.69, 9.17) is 0 Å². The van der Waals surface area contributed by atoms with Crippen LogP contribution in [0.2, 0.25) is 0 Å². The van der Waals surface area contributed by atoms with E-state index >= 15 is 0 Å². The Bertz CT molecular complexity index is 908. The Morgan fingerprint density at radius 1 is 0.913 bits per heavy atom. The molecule has 0 bridgehead atoms. The molecule has 0 amide bonds. The summed E-state index contributed by atoms with van der Waals surface area (Å²) in [6.07, 6.45) is 2.43.